The lowest BCUT2D eigenvalue weighted by molar-refractivity contribution is -0.118. The van der Waals surface area contributed by atoms with Gasteiger partial charge in [0, 0.05) is 24.8 Å². The number of amides is 3. The van der Waals surface area contributed by atoms with Gasteiger partial charge in [-0.05, 0) is 36.3 Å². The van der Waals surface area contributed by atoms with E-state index in [9.17, 15) is 9.59 Å². The molecular formula is C21H26N4O3. The Kier molecular flexibility index (Phi) is 6.49. The molecule has 0 spiro atoms. The lowest BCUT2D eigenvalue weighted by atomic mass is 10.1. The van der Waals surface area contributed by atoms with Gasteiger partial charge in [0.2, 0.25) is 0 Å². The molecule has 7 heteroatoms. The number of carbonyl (C=O) groups excluding carboxylic acids is 2. The van der Waals surface area contributed by atoms with E-state index in [0.29, 0.717) is 23.7 Å². The van der Waals surface area contributed by atoms with Gasteiger partial charge in [-0.1, -0.05) is 38.1 Å². The van der Waals surface area contributed by atoms with Gasteiger partial charge >= 0.3 is 6.03 Å². The van der Waals surface area contributed by atoms with Crippen molar-refractivity contribution in [2.75, 3.05) is 30.3 Å². The average Bonchev–Trinajstić information content (AvgIpc) is 2.71. The first-order valence-corrected chi connectivity index (χ1v) is 9.49. The number of anilines is 2. The number of benzene rings is 2. The minimum atomic E-state index is -0.299. The van der Waals surface area contributed by atoms with Crippen LogP contribution < -0.4 is 20.7 Å². The van der Waals surface area contributed by atoms with Gasteiger partial charge in [0.15, 0.2) is 6.61 Å². The van der Waals surface area contributed by atoms with Crippen molar-refractivity contribution in [1.29, 1.82) is 0 Å². The number of nitrogens with zero attached hydrogens (tertiary/aromatic N) is 1. The van der Waals surface area contributed by atoms with Crippen LogP contribution in [0.15, 0.2) is 42.5 Å². The second-order valence-electron chi connectivity index (χ2n) is 6.63. The molecule has 0 bridgehead atoms. The van der Waals surface area contributed by atoms with Crippen LogP contribution in [0, 0.1) is 0 Å². The van der Waals surface area contributed by atoms with E-state index in [1.54, 1.807) is 18.2 Å². The molecule has 148 valence electrons. The second kappa shape index (κ2) is 9.23. The van der Waals surface area contributed by atoms with Gasteiger partial charge in [-0.3, -0.25) is 9.69 Å². The first kappa shape index (κ1) is 19.7. The zero-order chi connectivity index (χ0) is 19.9. The average molecular weight is 382 g/mol. The number of rotatable bonds is 7. The van der Waals surface area contributed by atoms with E-state index in [0.717, 1.165) is 25.2 Å². The summed E-state index contributed by atoms with van der Waals surface area (Å²) in [5.74, 6) is 0.357. The Balaban J connectivity index is 1.50. The molecule has 0 aromatic heterocycles. The fraction of sp³-hybridized carbons (Fsp3) is 0.333. The molecule has 0 aliphatic carbocycles. The maximum absolute atomic E-state index is 12.2. The Morgan fingerprint density at radius 1 is 1.11 bits per heavy atom. The van der Waals surface area contributed by atoms with Crippen LogP contribution in [-0.2, 0) is 17.9 Å². The highest BCUT2D eigenvalue weighted by Crippen LogP contribution is 2.30. The third kappa shape index (κ3) is 5.23. The molecule has 1 aliphatic heterocycles. The first-order chi connectivity index (χ1) is 13.6. The summed E-state index contributed by atoms with van der Waals surface area (Å²) < 4.78 is 5.35. The summed E-state index contributed by atoms with van der Waals surface area (Å²) in [5, 5.41) is 8.34. The van der Waals surface area contributed by atoms with Crippen LogP contribution in [0.5, 0.6) is 5.75 Å². The van der Waals surface area contributed by atoms with Crippen molar-refractivity contribution in [3.8, 4) is 5.75 Å². The second-order valence-corrected chi connectivity index (χ2v) is 6.63. The lowest BCUT2D eigenvalue weighted by Gasteiger charge is -2.19. The van der Waals surface area contributed by atoms with Crippen molar-refractivity contribution in [1.82, 2.24) is 10.2 Å². The highest BCUT2D eigenvalue weighted by atomic mass is 16.5. The molecular weight excluding hydrogens is 356 g/mol. The monoisotopic (exact) mass is 382 g/mol. The Bertz CT molecular complexity index is 832. The molecule has 1 heterocycles. The molecule has 0 atom stereocenters. The van der Waals surface area contributed by atoms with E-state index in [4.69, 9.17) is 4.74 Å². The molecule has 7 nitrogen and oxygen atoms in total. The van der Waals surface area contributed by atoms with Gasteiger partial charge < -0.3 is 20.7 Å². The number of urea groups is 1. The number of hydrogen-bond donors (Lipinski definition) is 3. The molecule has 0 fully saturated rings. The molecule has 2 aromatic carbocycles. The minimum absolute atomic E-state index is 0.0209. The maximum atomic E-state index is 12.2. The molecule has 1 aliphatic rings. The summed E-state index contributed by atoms with van der Waals surface area (Å²) in [6.07, 6.45) is 0. The maximum Gasteiger partial charge on any atom is 0.319 e. The highest BCUT2D eigenvalue weighted by Gasteiger charge is 2.16. The molecule has 3 rings (SSSR count). The molecule has 0 unspecified atom stereocenters. The Morgan fingerprint density at radius 2 is 1.82 bits per heavy atom. The van der Waals surface area contributed by atoms with Crippen molar-refractivity contribution < 1.29 is 14.3 Å². The van der Waals surface area contributed by atoms with Gasteiger partial charge in [0.25, 0.3) is 5.91 Å². The van der Waals surface area contributed by atoms with Gasteiger partial charge in [0.05, 0.1) is 5.69 Å². The van der Waals surface area contributed by atoms with Crippen molar-refractivity contribution >= 4 is 23.3 Å². The zero-order valence-corrected chi connectivity index (χ0v) is 16.2. The predicted molar refractivity (Wildman–Crippen MR) is 109 cm³/mol. The third-order valence-corrected chi connectivity index (χ3v) is 4.65. The molecule has 3 amide bonds. The van der Waals surface area contributed by atoms with E-state index >= 15 is 0 Å². The standard InChI is InChI=1S/C21H26N4O3/c1-3-25(4-2)13-16-7-5-15(6-8-16)12-22-21(27)23-17-9-10-18-19(11-17)28-14-20(26)24-18/h5-11H,3-4,12-14H2,1-2H3,(H,24,26)(H2,22,23,27). The van der Waals surface area contributed by atoms with Gasteiger partial charge in [-0.15, -0.1) is 0 Å². The van der Waals surface area contributed by atoms with Gasteiger partial charge in [-0.25, -0.2) is 4.79 Å². The van der Waals surface area contributed by atoms with Crippen molar-refractivity contribution in [2.45, 2.75) is 26.9 Å². The number of carbonyl (C=O) groups is 2. The van der Waals surface area contributed by atoms with Crippen LogP contribution in [0.4, 0.5) is 16.2 Å². The van der Waals surface area contributed by atoms with Crippen molar-refractivity contribution in [3.63, 3.8) is 0 Å². The Labute approximate surface area is 165 Å². The number of nitrogens with one attached hydrogen (secondary N) is 3. The van der Waals surface area contributed by atoms with E-state index in [1.165, 1.54) is 5.56 Å². The SMILES string of the molecule is CCN(CC)Cc1ccc(CNC(=O)Nc2ccc3c(c2)OCC(=O)N3)cc1. The van der Waals surface area contributed by atoms with Crippen LogP contribution in [0.3, 0.4) is 0 Å². The van der Waals surface area contributed by atoms with Crippen molar-refractivity contribution in [3.05, 3.63) is 53.6 Å². The minimum Gasteiger partial charge on any atom is -0.482 e. The highest BCUT2D eigenvalue weighted by molar-refractivity contribution is 5.96. The van der Waals surface area contributed by atoms with E-state index in [1.807, 2.05) is 12.1 Å². The van der Waals surface area contributed by atoms with Gasteiger partial charge in [-0.2, -0.15) is 0 Å². The first-order valence-electron chi connectivity index (χ1n) is 9.49. The summed E-state index contributed by atoms with van der Waals surface area (Å²) in [5.41, 5.74) is 3.50. The summed E-state index contributed by atoms with van der Waals surface area (Å²) in [4.78, 5) is 25.8. The summed E-state index contributed by atoms with van der Waals surface area (Å²) in [6.45, 7) is 7.72. The van der Waals surface area contributed by atoms with Crippen molar-refractivity contribution in [2.24, 2.45) is 0 Å². The van der Waals surface area contributed by atoms with E-state index < -0.39 is 0 Å². The van der Waals surface area contributed by atoms with E-state index in [-0.39, 0.29) is 18.5 Å². The quantitative estimate of drug-likeness (QED) is 0.687. The summed E-state index contributed by atoms with van der Waals surface area (Å²) >= 11 is 0. The fourth-order valence-corrected chi connectivity index (χ4v) is 2.98. The van der Waals surface area contributed by atoms with Crippen LogP contribution in [0.25, 0.3) is 0 Å². The molecule has 28 heavy (non-hydrogen) atoms. The largest absolute Gasteiger partial charge is 0.482 e. The molecule has 0 radical (unpaired) electrons. The predicted octanol–water partition coefficient (Wildman–Crippen LogP) is 3.18. The summed E-state index contributed by atoms with van der Waals surface area (Å²) in [7, 11) is 0. The molecule has 2 aromatic rings. The normalized spacial score (nSPS) is 12.8. The van der Waals surface area contributed by atoms with Crippen LogP contribution in [-0.4, -0.2) is 36.5 Å². The lowest BCUT2D eigenvalue weighted by Crippen LogP contribution is -2.28. The number of ether oxygens (including phenoxy) is 1. The molecule has 3 N–H and O–H groups in total. The zero-order valence-electron chi connectivity index (χ0n) is 16.2. The number of fused-ring (bicyclic) bond motifs is 1. The smallest absolute Gasteiger partial charge is 0.319 e. The Morgan fingerprint density at radius 3 is 2.54 bits per heavy atom. The third-order valence-electron chi connectivity index (χ3n) is 4.65. The fourth-order valence-electron chi connectivity index (χ4n) is 2.98. The van der Waals surface area contributed by atoms with E-state index in [2.05, 4.69) is 46.8 Å². The number of hydrogen-bond acceptors (Lipinski definition) is 4. The van der Waals surface area contributed by atoms with Crippen LogP contribution >= 0.6 is 0 Å². The Hall–Kier alpha value is -3.06. The molecule has 0 saturated heterocycles. The van der Waals surface area contributed by atoms with Gasteiger partial charge in [0.1, 0.15) is 5.75 Å². The van der Waals surface area contributed by atoms with Crippen LogP contribution in [0.2, 0.25) is 0 Å². The summed E-state index contributed by atoms with van der Waals surface area (Å²) in [6, 6.07) is 13.1. The molecule has 0 saturated carbocycles. The topological polar surface area (TPSA) is 82.7 Å². The van der Waals surface area contributed by atoms with Crippen LogP contribution in [0.1, 0.15) is 25.0 Å².